The zero-order chi connectivity index (χ0) is 18.9. The Labute approximate surface area is 162 Å². The molecule has 1 aromatic carbocycles. The molecule has 1 N–H and O–H groups in total. The lowest BCUT2D eigenvalue weighted by Crippen LogP contribution is -2.66. The first-order valence-electron chi connectivity index (χ1n) is 10.7. The standard InChI is InChI=1S/C23H32N2O2/c1-24-16-23(12-2-3-13-25(23)19-7-5-8-19)22(27)15-17-10-11-20-18(14-17)6-4-9-21(20)26/h10-11,14,19,24H,2-9,12-13,15-16H2,1H3/t23-/m0/s1. The van der Waals surface area contributed by atoms with E-state index in [4.69, 9.17) is 0 Å². The largest absolute Gasteiger partial charge is 0.317 e. The summed E-state index contributed by atoms with van der Waals surface area (Å²) in [5, 5.41) is 3.33. The molecule has 0 bridgehead atoms. The fraction of sp³-hybridized carbons (Fsp3) is 0.652. The molecule has 2 aliphatic carbocycles. The van der Waals surface area contributed by atoms with Crippen molar-refractivity contribution in [2.75, 3.05) is 20.1 Å². The normalized spacial score (nSPS) is 26.5. The lowest BCUT2D eigenvalue weighted by atomic mass is 9.76. The SMILES string of the molecule is CNC[C@]1(C(=O)Cc2ccc3c(c2)CCCC3=O)CCCCN1C1CCC1. The summed E-state index contributed by atoms with van der Waals surface area (Å²) in [6.45, 7) is 1.79. The highest BCUT2D eigenvalue weighted by Crippen LogP contribution is 2.38. The molecule has 27 heavy (non-hydrogen) atoms. The molecule has 4 heteroatoms. The maximum atomic E-state index is 13.6. The van der Waals surface area contributed by atoms with Crippen LogP contribution in [0.25, 0.3) is 0 Å². The number of nitrogens with one attached hydrogen (secondary N) is 1. The zero-order valence-electron chi connectivity index (χ0n) is 16.6. The van der Waals surface area contributed by atoms with Crippen molar-refractivity contribution in [3.05, 3.63) is 34.9 Å². The van der Waals surface area contributed by atoms with Crippen LogP contribution in [-0.2, 0) is 17.6 Å². The Morgan fingerprint density at radius 1 is 1.19 bits per heavy atom. The Bertz CT molecular complexity index is 721. The van der Waals surface area contributed by atoms with Crippen LogP contribution in [-0.4, -0.2) is 48.2 Å². The van der Waals surface area contributed by atoms with Gasteiger partial charge in [-0.1, -0.05) is 24.6 Å². The van der Waals surface area contributed by atoms with Crippen LogP contribution in [0.5, 0.6) is 0 Å². The average Bonchev–Trinajstić information content (AvgIpc) is 2.62. The molecular formula is C23H32N2O2. The molecule has 0 unspecified atom stereocenters. The molecule has 0 amide bonds. The van der Waals surface area contributed by atoms with E-state index in [1.54, 1.807) is 0 Å². The van der Waals surface area contributed by atoms with Crippen LogP contribution in [0.3, 0.4) is 0 Å². The number of carbonyl (C=O) groups excluding carboxylic acids is 2. The Balaban J connectivity index is 1.58. The number of nitrogens with zero attached hydrogens (tertiary/aromatic N) is 1. The second kappa shape index (κ2) is 7.84. The highest BCUT2D eigenvalue weighted by Gasteiger charge is 2.48. The van der Waals surface area contributed by atoms with Crippen LogP contribution in [0.2, 0.25) is 0 Å². The Morgan fingerprint density at radius 2 is 2.04 bits per heavy atom. The summed E-state index contributed by atoms with van der Waals surface area (Å²) in [5.41, 5.74) is 2.72. The van der Waals surface area contributed by atoms with E-state index in [0.717, 1.165) is 55.5 Å². The number of fused-ring (bicyclic) bond motifs is 1. The number of hydrogen-bond acceptors (Lipinski definition) is 4. The fourth-order valence-corrected chi connectivity index (χ4v) is 5.33. The van der Waals surface area contributed by atoms with Gasteiger partial charge in [-0.25, -0.2) is 0 Å². The van der Waals surface area contributed by atoms with Gasteiger partial charge in [-0.15, -0.1) is 0 Å². The monoisotopic (exact) mass is 368 g/mol. The molecule has 1 saturated heterocycles. The predicted molar refractivity (Wildman–Crippen MR) is 107 cm³/mol. The van der Waals surface area contributed by atoms with E-state index in [9.17, 15) is 9.59 Å². The number of hydrogen-bond donors (Lipinski definition) is 1. The molecule has 1 saturated carbocycles. The molecule has 146 valence electrons. The Kier molecular flexibility index (Phi) is 5.47. The van der Waals surface area contributed by atoms with Gasteiger partial charge in [-0.05, 0) is 69.7 Å². The van der Waals surface area contributed by atoms with E-state index in [1.807, 2.05) is 19.2 Å². The summed E-state index contributed by atoms with van der Waals surface area (Å²) in [7, 11) is 1.97. The maximum Gasteiger partial charge on any atom is 0.163 e. The minimum absolute atomic E-state index is 0.254. The van der Waals surface area contributed by atoms with E-state index >= 15 is 0 Å². The number of likely N-dealkylation sites (tertiary alicyclic amines) is 1. The lowest BCUT2D eigenvalue weighted by molar-refractivity contribution is -0.137. The number of Topliss-reactive ketones (excluding diaryl/α,β-unsaturated/α-hetero) is 2. The number of carbonyl (C=O) groups is 2. The lowest BCUT2D eigenvalue weighted by Gasteiger charge is -2.52. The second-order valence-corrected chi connectivity index (χ2v) is 8.67. The van der Waals surface area contributed by atoms with Gasteiger partial charge in [0.1, 0.15) is 0 Å². The van der Waals surface area contributed by atoms with E-state index in [2.05, 4.69) is 16.3 Å². The fourth-order valence-electron chi connectivity index (χ4n) is 5.33. The first kappa shape index (κ1) is 18.8. The van der Waals surface area contributed by atoms with Crippen LogP contribution >= 0.6 is 0 Å². The van der Waals surface area contributed by atoms with Crippen LogP contribution < -0.4 is 5.32 Å². The quantitative estimate of drug-likeness (QED) is 0.837. The predicted octanol–water partition coefficient (Wildman–Crippen LogP) is 3.31. The van der Waals surface area contributed by atoms with Gasteiger partial charge < -0.3 is 5.32 Å². The number of likely N-dealkylation sites (N-methyl/N-ethyl adjacent to an activating group) is 1. The van der Waals surface area contributed by atoms with Crippen LogP contribution in [0, 0.1) is 0 Å². The zero-order valence-corrected chi connectivity index (χ0v) is 16.6. The van der Waals surface area contributed by atoms with E-state index < -0.39 is 0 Å². The molecule has 0 spiro atoms. The van der Waals surface area contributed by atoms with Crippen LogP contribution in [0.1, 0.15) is 72.9 Å². The minimum Gasteiger partial charge on any atom is -0.317 e. The third-order valence-electron chi connectivity index (χ3n) is 6.98. The van der Waals surface area contributed by atoms with Crippen molar-refractivity contribution in [1.29, 1.82) is 0 Å². The van der Waals surface area contributed by atoms with Crippen molar-refractivity contribution in [2.45, 2.75) is 75.8 Å². The van der Waals surface area contributed by atoms with Gasteiger partial charge in [-0.3, -0.25) is 14.5 Å². The molecule has 0 radical (unpaired) electrons. The van der Waals surface area contributed by atoms with Crippen LogP contribution in [0.4, 0.5) is 0 Å². The summed E-state index contributed by atoms with van der Waals surface area (Å²) in [6, 6.07) is 6.66. The van der Waals surface area contributed by atoms with Crippen molar-refractivity contribution >= 4 is 11.6 Å². The molecule has 1 aromatic rings. The molecule has 0 aromatic heterocycles. The number of rotatable bonds is 6. The van der Waals surface area contributed by atoms with E-state index in [1.165, 1.54) is 25.7 Å². The first-order valence-corrected chi connectivity index (χ1v) is 10.7. The summed E-state index contributed by atoms with van der Waals surface area (Å²) in [6.07, 6.45) is 10.1. The summed E-state index contributed by atoms with van der Waals surface area (Å²) in [4.78, 5) is 28.2. The van der Waals surface area contributed by atoms with Crippen molar-refractivity contribution in [2.24, 2.45) is 0 Å². The van der Waals surface area contributed by atoms with Gasteiger partial charge in [0.05, 0.1) is 5.54 Å². The number of benzene rings is 1. The van der Waals surface area contributed by atoms with Gasteiger partial charge in [-0.2, -0.15) is 0 Å². The first-order chi connectivity index (χ1) is 13.1. The molecule has 3 aliphatic rings. The van der Waals surface area contributed by atoms with Crippen molar-refractivity contribution in [3.63, 3.8) is 0 Å². The minimum atomic E-state index is -0.357. The highest BCUT2D eigenvalue weighted by molar-refractivity contribution is 5.98. The summed E-state index contributed by atoms with van der Waals surface area (Å²) < 4.78 is 0. The molecule has 1 aliphatic heterocycles. The molecule has 2 fully saturated rings. The number of piperidine rings is 1. The van der Waals surface area contributed by atoms with Gasteiger partial charge in [0, 0.05) is 31.0 Å². The molecule has 4 nitrogen and oxygen atoms in total. The van der Waals surface area contributed by atoms with E-state index in [0.29, 0.717) is 24.7 Å². The molecule has 4 rings (SSSR count). The molecule has 1 atom stereocenters. The number of aryl methyl sites for hydroxylation is 1. The third kappa shape index (κ3) is 3.50. The second-order valence-electron chi connectivity index (χ2n) is 8.67. The number of ketones is 2. The van der Waals surface area contributed by atoms with Gasteiger partial charge in [0.2, 0.25) is 0 Å². The van der Waals surface area contributed by atoms with E-state index in [-0.39, 0.29) is 11.3 Å². The summed E-state index contributed by atoms with van der Waals surface area (Å²) >= 11 is 0. The third-order valence-corrected chi connectivity index (χ3v) is 6.98. The Morgan fingerprint density at radius 3 is 2.78 bits per heavy atom. The summed E-state index contributed by atoms with van der Waals surface area (Å²) in [5.74, 6) is 0.606. The topological polar surface area (TPSA) is 49.4 Å². The Hall–Kier alpha value is -1.52. The highest BCUT2D eigenvalue weighted by atomic mass is 16.1. The maximum absolute atomic E-state index is 13.6. The van der Waals surface area contributed by atoms with Gasteiger partial charge >= 0.3 is 0 Å². The van der Waals surface area contributed by atoms with Crippen molar-refractivity contribution < 1.29 is 9.59 Å². The van der Waals surface area contributed by atoms with Gasteiger partial charge in [0.15, 0.2) is 11.6 Å². The average molecular weight is 369 g/mol. The van der Waals surface area contributed by atoms with Gasteiger partial charge in [0.25, 0.3) is 0 Å². The smallest absolute Gasteiger partial charge is 0.163 e. The molecular weight excluding hydrogens is 336 g/mol. The van der Waals surface area contributed by atoms with Crippen LogP contribution in [0.15, 0.2) is 18.2 Å². The molecule has 1 heterocycles. The van der Waals surface area contributed by atoms with Crippen molar-refractivity contribution in [3.8, 4) is 0 Å². The van der Waals surface area contributed by atoms with Crippen molar-refractivity contribution in [1.82, 2.24) is 10.2 Å².